The van der Waals surface area contributed by atoms with Gasteiger partial charge in [-0.15, -0.1) is 0 Å². The topological polar surface area (TPSA) is 27.3 Å². The van der Waals surface area contributed by atoms with Crippen LogP contribution in [0.5, 0.6) is 0 Å². The van der Waals surface area contributed by atoms with Gasteiger partial charge in [0, 0.05) is 18.2 Å². The van der Waals surface area contributed by atoms with Gasteiger partial charge >= 0.3 is 0 Å². The Balaban J connectivity index is 2.10. The van der Waals surface area contributed by atoms with Gasteiger partial charge in [0.05, 0.1) is 0 Å². The monoisotopic (exact) mass is 131 g/mol. The highest BCUT2D eigenvalue weighted by Gasteiger charge is 2.01. The molecular weight excluding hydrogens is 122 g/mol. The van der Waals surface area contributed by atoms with Gasteiger partial charge < -0.3 is 5.43 Å². The van der Waals surface area contributed by atoms with Gasteiger partial charge in [0.1, 0.15) is 0 Å². The predicted octanol–water partition coefficient (Wildman–Crippen LogP) is 0.451. The van der Waals surface area contributed by atoms with E-state index >= 15 is 0 Å². The van der Waals surface area contributed by atoms with Gasteiger partial charge in [-0.1, -0.05) is 11.4 Å². The summed E-state index contributed by atoms with van der Waals surface area (Å²) in [5, 5.41) is 1.97. The summed E-state index contributed by atoms with van der Waals surface area (Å²) in [6.45, 7) is 3.00. The molecule has 0 aliphatic carbocycles. The van der Waals surface area contributed by atoms with Crippen molar-refractivity contribution in [2.45, 2.75) is 6.92 Å². The number of hydrazine groups is 2. The second kappa shape index (κ2) is 2.96. The Morgan fingerprint density at radius 2 is 2.75 bits per heavy atom. The van der Waals surface area contributed by atoms with Crippen molar-refractivity contribution < 1.29 is 0 Å². The molecule has 0 aromatic heterocycles. The van der Waals surface area contributed by atoms with E-state index < -0.39 is 0 Å². The van der Waals surface area contributed by atoms with E-state index in [1.165, 1.54) is 0 Å². The molecule has 1 aliphatic heterocycles. The Morgan fingerprint density at radius 3 is 3.25 bits per heavy atom. The third-order valence-corrected chi connectivity index (χ3v) is 1.43. The van der Waals surface area contributed by atoms with E-state index in [0.717, 1.165) is 6.54 Å². The standard InChI is InChI=1S/C4H9N3S/c1-2-5-7-6-3-4-8-7/h3-6H,2H2,1H3. The fourth-order valence-corrected chi connectivity index (χ4v) is 1.02. The number of rotatable bonds is 2. The summed E-state index contributed by atoms with van der Waals surface area (Å²) in [4.78, 5) is 0. The summed E-state index contributed by atoms with van der Waals surface area (Å²) >= 11 is 1.60. The molecule has 0 saturated carbocycles. The first-order chi connectivity index (χ1) is 3.93. The molecule has 0 atom stereocenters. The Bertz CT molecular complexity index is 85.3. The Hall–Kier alpha value is -0.190. The van der Waals surface area contributed by atoms with E-state index in [9.17, 15) is 0 Å². The van der Waals surface area contributed by atoms with Gasteiger partial charge in [-0.2, -0.15) is 0 Å². The van der Waals surface area contributed by atoms with Crippen LogP contribution in [-0.2, 0) is 0 Å². The first-order valence-electron chi connectivity index (χ1n) is 2.55. The van der Waals surface area contributed by atoms with Crippen molar-refractivity contribution >= 4 is 11.9 Å². The average molecular weight is 131 g/mol. The maximum atomic E-state index is 3.07. The highest BCUT2D eigenvalue weighted by Crippen LogP contribution is 2.08. The number of hydrogen-bond acceptors (Lipinski definition) is 4. The molecule has 1 rings (SSSR count). The van der Waals surface area contributed by atoms with Crippen LogP contribution in [0.3, 0.4) is 0 Å². The van der Waals surface area contributed by atoms with Crippen LogP contribution in [0.4, 0.5) is 0 Å². The molecule has 2 N–H and O–H groups in total. The summed E-state index contributed by atoms with van der Waals surface area (Å²) in [5.74, 6) is 0. The largest absolute Gasteiger partial charge is 0.302 e. The molecule has 0 spiro atoms. The van der Waals surface area contributed by atoms with Crippen LogP contribution in [0.15, 0.2) is 11.6 Å². The molecule has 0 bridgehead atoms. The van der Waals surface area contributed by atoms with Gasteiger partial charge in [0.2, 0.25) is 0 Å². The van der Waals surface area contributed by atoms with Crippen LogP contribution in [-0.4, -0.2) is 11.1 Å². The van der Waals surface area contributed by atoms with Crippen molar-refractivity contribution in [3.63, 3.8) is 0 Å². The molecule has 46 valence electrons. The quantitative estimate of drug-likeness (QED) is 0.532. The second-order valence-electron chi connectivity index (χ2n) is 1.34. The van der Waals surface area contributed by atoms with E-state index in [2.05, 4.69) is 17.8 Å². The summed E-state index contributed by atoms with van der Waals surface area (Å²) in [7, 11) is 0. The van der Waals surface area contributed by atoms with Crippen molar-refractivity contribution in [3.05, 3.63) is 11.6 Å². The molecule has 1 heterocycles. The summed E-state index contributed by atoms with van der Waals surface area (Å²) < 4.78 is 1.85. The van der Waals surface area contributed by atoms with Crippen molar-refractivity contribution in [2.75, 3.05) is 6.54 Å². The zero-order valence-electron chi connectivity index (χ0n) is 4.72. The molecule has 0 fully saturated rings. The number of nitrogens with one attached hydrogen (secondary N) is 2. The van der Waals surface area contributed by atoms with E-state index in [1.54, 1.807) is 11.9 Å². The van der Waals surface area contributed by atoms with Gasteiger partial charge in [-0.3, -0.25) is 0 Å². The summed E-state index contributed by atoms with van der Waals surface area (Å²) in [6.07, 6.45) is 1.88. The molecule has 4 heteroatoms. The molecule has 0 saturated heterocycles. The minimum Gasteiger partial charge on any atom is -0.302 e. The molecule has 1 aliphatic rings. The number of hydrogen-bond donors (Lipinski definition) is 2. The van der Waals surface area contributed by atoms with Crippen molar-refractivity contribution in [1.29, 1.82) is 0 Å². The first kappa shape index (κ1) is 5.94. The molecule has 0 amide bonds. The van der Waals surface area contributed by atoms with Crippen LogP contribution in [0.1, 0.15) is 6.92 Å². The minimum atomic E-state index is 0.946. The normalized spacial score (nSPS) is 19.1. The van der Waals surface area contributed by atoms with Crippen molar-refractivity contribution in [1.82, 2.24) is 15.4 Å². The maximum absolute atomic E-state index is 3.07. The van der Waals surface area contributed by atoms with Crippen LogP contribution < -0.4 is 10.9 Å². The molecule has 0 aromatic rings. The molecule has 0 aromatic carbocycles. The Kier molecular flexibility index (Phi) is 2.20. The summed E-state index contributed by atoms with van der Waals surface area (Å²) in [5.41, 5.74) is 6.03. The first-order valence-corrected chi connectivity index (χ1v) is 3.38. The van der Waals surface area contributed by atoms with Crippen LogP contribution >= 0.6 is 11.9 Å². The smallest absolute Gasteiger partial charge is 0.0228 e. The van der Waals surface area contributed by atoms with Crippen LogP contribution in [0.2, 0.25) is 0 Å². The zero-order valence-corrected chi connectivity index (χ0v) is 5.53. The zero-order chi connectivity index (χ0) is 5.82. The molecular formula is C4H9N3S. The predicted molar refractivity (Wildman–Crippen MR) is 35.4 cm³/mol. The minimum absolute atomic E-state index is 0.946. The third kappa shape index (κ3) is 1.40. The lowest BCUT2D eigenvalue weighted by atomic mass is 10.8. The van der Waals surface area contributed by atoms with Gasteiger partial charge in [0.25, 0.3) is 0 Å². The fraction of sp³-hybridized carbons (Fsp3) is 0.500. The van der Waals surface area contributed by atoms with Gasteiger partial charge in [-0.25, -0.2) is 5.43 Å². The molecule has 8 heavy (non-hydrogen) atoms. The SMILES string of the molecule is CCNN1NC=CS1. The molecule has 0 radical (unpaired) electrons. The Morgan fingerprint density at radius 1 is 1.88 bits per heavy atom. The average Bonchev–Trinajstić information content (AvgIpc) is 2.19. The third-order valence-electron chi connectivity index (χ3n) is 0.728. The Labute approximate surface area is 53.2 Å². The fourth-order valence-electron chi connectivity index (χ4n) is 0.446. The van der Waals surface area contributed by atoms with Gasteiger partial charge in [0.15, 0.2) is 0 Å². The van der Waals surface area contributed by atoms with Crippen LogP contribution in [0.25, 0.3) is 0 Å². The maximum Gasteiger partial charge on any atom is 0.0228 e. The van der Waals surface area contributed by atoms with E-state index in [1.807, 2.05) is 16.1 Å². The van der Waals surface area contributed by atoms with Gasteiger partial charge in [-0.05, 0) is 11.9 Å². The number of nitrogens with zero attached hydrogens (tertiary/aromatic N) is 1. The second-order valence-corrected chi connectivity index (χ2v) is 2.19. The lowest BCUT2D eigenvalue weighted by molar-refractivity contribution is 0.316. The van der Waals surface area contributed by atoms with Crippen molar-refractivity contribution in [2.24, 2.45) is 0 Å². The molecule has 0 unspecified atom stereocenters. The van der Waals surface area contributed by atoms with E-state index in [4.69, 9.17) is 0 Å². The van der Waals surface area contributed by atoms with E-state index in [-0.39, 0.29) is 0 Å². The van der Waals surface area contributed by atoms with Crippen molar-refractivity contribution in [3.8, 4) is 0 Å². The lowest BCUT2D eigenvalue weighted by Gasteiger charge is -2.12. The summed E-state index contributed by atoms with van der Waals surface area (Å²) in [6, 6.07) is 0. The highest BCUT2D eigenvalue weighted by atomic mass is 32.2. The lowest BCUT2D eigenvalue weighted by Crippen LogP contribution is -2.37. The highest BCUT2D eigenvalue weighted by molar-refractivity contribution is 8.00. The van der Waals surface area contributed by atoms with E-state index in [0.29, 0.717) is 0 Å². The molecule has 3 nitrogen and oxygen atoms in total. The van der Waals surface area contributed by atoms with Crippen LogP contribution in [0, 0.1) is 0 Å².